The van der Waals surface area contributed by atoms with Crippen molar-refractivity contribution in [1.82, 2.24) is 4.90 Å². The molecule has 0 bridgehead atoms. The lowest BCUT2D eigenvalue weighted by Gasteiger charge is -2.22. The summed E-state index contributed by atoms with van der Waals surface area (Å²) in [5, 5.41) is 9.26. The second-order valence-corrected chi connectivity index (χ2v) is 5.86. The molecule has 126 valence electrons. The molecule has 2 amide bonds. The van der Waals surface area contributed by atoms with E-state index in [0.29, 0.717) is 19.4 Å². The summed E-state index contributed by atoms with van der Waals surface area (Å²) in [5.74, 6) is -3.17. The van der Waals surface area contributed by atoms with Gasteiger partial charge in [0.15, 0.2) is 0 Å². The van der Waals surface area contributed by atoms with Gasteiger partial charge < -0.3 is 14.9 Å². The Balaban J connectivity index is 2.07. The molecule has 7 heteroatoms. The number of halogens is 2. The lowest BCUT2D eigenvalue weighted by atomic mass is 10.1. The summed E-state index contributed by atoms with van der Waals surface area (Å²) in [7, 11) is 1.57. The lowest BCUT2D eigenvalue weighted by molar-refractivity contribution is -0.139. The van der Waals surface area contributed by atoms with Gasteiger partial charge in [-0.15, -0.1) is 0 Å². The van der Waals surface area contributed by atoms with Gasteiger partial charge in [0, 0.05) is 31.9 Å². The Kier molecular flexibility index (Phi) is 5.30. The summed E-state index contributed by atoms with van der Waals surface area (Å²) < 4.78 is 26.6. The zero-order valence-corrected chi connectivity index (χ0v) is 13.1. The molecule has 1 aromatic rings. The SMILES string of the molecule is CC(O)CCN(C)C(=O)C1CCN(c2cc(F)cc(F)c2)C1=O. The Morgan fingerprint density at radius 3 is 2.57 bits per heavy atom. The van der Waals surface area contributed by atoms with Gasteiger partial charge in [0.1, 0.15) is 17.6 Å². The van der Waals surface area contributed by atoms with E-state index in [1.807, 2.05) is 0 Å². The maximum absolute atomic E-state index is 13.3. The topological polar surface area (TPSA) is 60.9 Å². The van der Waals surface area contributed by atoms with Crippen LogP contribution in [0, 0.1) is 17.6 Å². The maximum Gasteiger partial charge on any atom is 0.239 e. The molecule has 1 fully saturated rings. The number of hydrogen-bond donors (Lipinski definition) is 1. The van der Waals surface area contributed by atoms with Crippen molar-refractivity contribution >= 4 is 17.5 Å². The number of nitrogens with zero attached hydrogens (tertiary/aromatic N) is 2. The predicted octanol–water partition coefficient (Wildman–Crippen LogP) is 1.55. The first-order valence-corrected chi connectivity index (χ1v) is 7.50. The molecular formula is C16H20F2N2O3. The molecule has 0 aromatic heterocycles. The molecule has 23 heavy (non-hydrogen) atoms. The fourth-order valence-electron chi connectivity index (χ4n) is 2.62. The van der Waals surface area contributed by atoms with Crippen molar-refractivity contribution in [3.05, 3.63) is 29.8 Å². The van der Waals surface area contributed by atoms with E-state index in [0.717, 1.165) is 18.2 Å². The van der Waals surface area contributed by atoms with E-state index in [2.05, 4.69) is 0 Å². The fourth-order valence-corrected chi connectivity index (χ4v) is 2.62. The third-order valence-electron chi connectivity index (χ3n) is 3.92. The summed E-state index contributed by atoms with van der Waals surface area (Å²) in [6.45, 7) is 2.20. The van der Waals surface area contributed by atoms with Gasteiger partial charge in [-0.1, -0.05) is 0 Å². The van der Waals surface area contributed by atoms with Gasteiger partial charge in [-0.3, -0.25) is 9.59 Å². The van der Waals surface area contributed by atoms with E-state index >= 15 is 0 Å². The quantitative estimate of drug-likeness (QED) is 0.835. The van der Waals surface area contributed by atoms with Crippen LogP contribution in [0.4, 0.5) is 14.5 Å². The number of anilines is 1. The third kappa shape index (κ3) is 4.04. The summed E-state index contributed by atoms with van der Waals surface area (Å²) in [5.41, 5.74) is 0.120. The van der Waals surface area contributed by atoms with Crippen LogP contribution in [0.2, 0.25) is 0 Å². The first-order valence-electron chi connectivity index (χ1n) is 7.50. The minimum atomic E-state index is -0.847. The summed E-state index contributed by atoms with van der Waals surface area (Å²) in [4.78, 5) is 27.4. The van der Waals surface area contributed by atoms with Crippen molar-refractivity contribution in [3.8, 4) is 0 Å². The molecule has 1 saturated heterocycles. The van der Waals surface area contributed by atoms with Crippen LogP contribution in [0.15, 0.2) is 18.2 Å². The molecule has 2 unspecified atom stereocenters. The molecular weight excluding hydrogens is 306 g/mol. The fraction of sp³-hybridized carbons (Fsp3) is 0.500. The predicted molar refractivity (Wildman–Crippen MR) is 80.8 cm³/mol. The molecule has 1 aliphatic rings. The molecule has 0 spiro atoms. The van der Waals surface area contributed by atoms with E-state index in [1.165, 1.54) is 9.80 Å². The van der Waals surface area contributed by atoms with Crippen molar-refractivity contribution in [2.75, 3.05) is 25.0 Å². The van der Waals surface area contributed by atoms with Gasteiger partial charge in [0.25, 0.3) is 0 Å². The Hall–Kier alpha value is -2.02. The molecule has 1 N–H and O–H groups in total. The van der Waals surface area contributed by atoms with E-state index in [1.54, 1.807) is 14.0 Å². The van der Waals surface area contributed by atoms with Crippen LogP contribution >= 0.6 is 0 Å². The standard InChI is InChI=1S/C16H20F2N2O3/c1-10(21)3-5-19(2)15(22)14-4-6-20(16(14)23)13-8-11(17)7-12(18)9-13/h7-10,14,21H,3-6H2,1-2H3. The summed E-state index contributed by atoms with van der Waals surface area (Å²) >= 11 is 0. The highest BCUT2D eigenvalue weighted by molar-refractivity contribution is 6.09. The van der Waals surface area contributed by atoms with Crippen molar-refractivity contribution < 1.29 is 23.5 Å². The molecule has 2 atom stereocenters. The molecule has 0 radical (unpaired) electrons. The molecule has 0 saturated carbocycles. The zero-order valence-electron chi connectivity index (χ0n) is 13.1. The largest absolute Gasteiger partial charge is 0.393 e. The molecule has 1 aromatic carbocycles. The second-order valence-electron chi connectivity index (χ2n) is 5.86. The van der Waals surface area contributed by atoms with Gasteiger partial charge >= 0.3 is 0 Å². The number of rotatable bonds is 5. The Morgan fingerprint density at radius 2 is 2.00 bits per heavy atom. The van der Waals surface area contributed by atoms with Crippen molar-refractivity contribution in [1.29, 1.82) is 0 Å². The van der Waals surface area contributed by atoms with Crippen LogP contribution in [-0.2, 0) is 9.59 Å². The van der Waals surface area contributed by atoms with E-state index < -0.39 is 29.6 Å². The Labute approximate surface area is 133 Å². The highest BCUT2D eigenvalue weighted by atomic mass is 19.1. The second kappa shape index (κ2) is 7.04. The van der Waals surface area contributed by atoms with Crippen LogP contribution < -0.4 is 4.90 Å². The smallest absolute Gasteiger partial charge is 0.239 e. The number of amides is 2. The van der Waals surface area contributed by atoms with Gasteiger partial charge in [-0.2, -0.15) is 0 Å². The molecule has 1 heterocycles. The number of carbonyl (C=O) groups is 2. The van der Waals surface area contributed by atoms with Crippen molar-refractivity contribution in [3.63, 3.8) is 0 Å². The van der Waals surface area contributed by atoms with E-state index in [-0.39, 0.29) is 18.1 Å². The van der Waals surface area contributed by atoms with Gasteiger partial charge in [-0.05, 0) is 31.9 Å². The van der Waals surface area contributed by atoms with E-state index in [9.17, 15) is 23.5 Å². The number of benzene rings is 1. The highest BCUT2D eigenvalue weighted by Gasteiger charge is 2.39. The van der Waals surface area contributed by atoms with Gasteiger partial charge in [0.2, 0.25) is 11.8 Å². The first kappa shape index (κ1) is 17.3. The highest BCUT2D eigenvalue weighted by Crippen LogP contribution is 2.27. The minimum Gasteiger partial charge on any atom is -0.393 e. The lowest BCUT2D eigenvalue weighted by Crippen LogP contribution is -2.39. The normalized spacial score (nSPS) is 19.1. The van der Waals surface area contributed by atoms with Crippen LogP contribution in [-0.4, -0.2) is 48.1 Å². The Morgan fingerprint density at radius 1 is 1.39 bits per heavy atom. The van der Waals surface area contributed by atoms with Gasteiger partial charge in [0.05, 0.1) is 6.10 Å². The maximum atomic E-state index is 13.3. The van der Waals surface area contributed by atoms with Crippen molar-refractivity contribution in [2.45, 2.75) is 25.9 Å². The summed E-state index contributed by atoms with van der Waals surface area (Å²) in [6, 6.07) is 2.88. The van der Waals surface area contributed by atoms with Crippen LogP contribution in [0.3, 0.4) is 0 Å². The van der Waals surface area contributed by atoms with Crippen molar-refractivity contribution in [2.24, 2.45) is 5.92 Å². The molecule has 1 aliphatic heterocycles. The number of aliphatic hydroxyl groups is 1. The number of aliphatic hydroxyl groups excluding tert-OH is 1. The first-order chi connectivity index (χ1) is 10.8. The Bertz CT molecular complexity index is 587. The minimum absolute atomic E-state index is 0.120. The monoisotopic (exact) mass is 326 g/mol. The van der Waals surface area contributed by atoms with Gasteiger partial charge in [-0.25, -0.2) is 8.78 Å². The van der Waals surface area contributed by atoms with E-state index in [4.69, 9.17) is 0 Å². The molecule has 2 rings (SSSR count). The summed E-state index contributed by atoms with van der Waals surface area (Å²) in [6.07, 6.45) is 0.188. The zero-order chi connectivity index (χ0) is 17.1. The van der Waals surface area contributed by atoms with Crippen LogP contribution in [0.1, 0.15) is 19.8 Å². The van der Waals surface area contributed by atoms with Crippen LogP contribution in [0.5, 0.6) is 0 Å². The third-order valence-corrected chi connectivity index (χ3v) is 3.92. The average Bonchev–Trinajstić information content (AvgIpc) is 2.84. The molecule has 5 nitrogen and oxygen atoms in total. The number of hydrogen-bond acceptors (Lipinski definition) is 3. The van der Waals surface area contributed by atoms with Crippen LogP contribution in [0.25, 0.3) is 0 Å². The average molecular weight is 326 g/mol. The molecule has 0 aliphatic carbocycles. The number of carbonyl (C=O) groups excluding carboxylic acids is 2.